The summed E-state index contributed by atoms with van der Waals surface area (Å²) >= 11 is 5.89. The van der Waals surface area contributed by atoms with E-state index < -0.39 is 32.7 Å². The number of pyridine rings is 1. The number of halogens is 2. The van der Waals surface area contributed by atoms with Gasteiger partial charge in [0.2, 0.25) is 10.0 Å². The van der Waals surface area contributed by atoms with Crippen molar-refractivity contribution in [1.82, 2.24) is 15.2 Å². The molecule has 0 radical (unpaired) electrons. The van der Waals surface area contributed by atoms with Crippen molar-refractivity contribution in [3.05, 3.63) is 52.9 Å². The van der Waals surface area contributed by atoms with Crippen LogP contribution < -0.4 is 10.3 Å². The number of amides is 1. The molecule has 0 bridgehead atoms. The number of nitrogens with one attached hydrogen (secondary N) is 2. The van der Waals surface area contributed by atoms with Crippen molar-refractivity contribution in [3.63, 3.8) is 0 Å². The van der Waals surface area contributed by atoms with Crippen LogP contribution in [-0.4, -0.2) is 24.6 Å². The van der Waals surface area contributed by atoms with E-state index in [0.717, 1.165) is 19.3 Å². The summed E-state index contributed by atoms with van der Waals surface area (Å²) in [5, 5.41) is -0.840. The van der Waals surface area contributed by atoms with Gasteiger partial charge in [0.05, 0.1) is 16.0 Å². The molecule has 3 rings (SSSR count). The third kappa shape index (κ3) is 4.63. The van der Waals surface area contributed by atoms with Gasteiger partial charge in [-0.1, -0.05) is 61.2 Å². The van der Waals surface area contributed by atoms with E-state index in [1.807, 2.05) is 11.5 Å². The summed E-state index contributed by atoms with van der Waals surface area (Å²) in [4.78, 5) is 18.4. The minimum atomic E-state index is -3.74. The molecule has 0 atom stereocenters. The van der Waals surface area contributed by atoms with Crippen LogP contribution in [0.2, 0.25) is 5.02 Å². The van der Waals surface area contributed by atoms with Gasteiger partial charge in [-0.05, 0) is 18.9 Å². The van der Waals surface area contributed by atoms with Crippen LogP contribution >= 0.6 is 11.6 Å². The number of benzene rings is 1. The average molecular weight is 412 g/mol. The zero-order chi connectivity index (χ0) is 19.4. The van der Waals surface area contributed by atoms with Crippen molar-refractivity contribution >= 4 is 27.5 Å². The lowest BCUT2D eigenvalue weighted by molar-refractivity contribution is 0.0935. The molecule has 0 spiro atoms. The molecule has 0 unspecified atom stereocenters. The molecular weight excluding hydrogens is 393 g/mol. The first-order valence-corrected chi connectivity index (χ1v) is 10.5. The highest BCUT2D eigenvalue weighted by Gasteiger charge is 2.28. The van der Waals surface area contributed by atoms with Crippen molar-refractivity contribution in [2.24, 2.45) is 0 Å². The maximum Gasteiger partial charge on any atom is 0.287 e. The summed E-state index contributed by atoms with van der Waals surface area (Å²) < 4.78 is 38.9. The number of rotatable bonds is 5. The number of hydrogen-bond acceptors (Lipinski definition) is 4. The predicted molar refractivity (Wildman–Crippen MR) is 101 cm³/mol. The van der Waals surface area contributed by atoms with Crippen LogP contribution in [0.4, 0.5) is 4.39 Å². The van der Waals surface area contributed by atoms with Crippen molar-refractivity contribution in [3.8, 4) is 11.3 Å². The van der Waals surface area contributed by atoms with Gasteiger partial charge in [0.25, 0.3) is 5.91 Å². The number of hydrazine groups is 1. The Morgan fingerprint density at radius 2 is 1.81 bits per heavy atom. The molecule has 1 heterocycles. The molecule has 27 heavy (non-hydrogen) atoms. The zero-order valence-electron chi connectivity index (χ0n) is 14.4. The summed E-state index contributed by atoms with van der Waals surface area (Å²) in [5.74, 6) is -2.02. The fourth-order valence-corrected chi connectivity index (χ4v) is 4.59. The number of hydrogen-bond donors (Lipinski definition) is 2. The van der Waals surface area contributed by atoms with Gasteiger partial charge in [0, 0.05) is 5.56 Å². The molecule has 1 aromatic carbocycles. The standard InChI is InChI=1S/C18H19ClFN3O3S/c19-14-11-15(12-7-3-1-4-8-12)21-17(16(14)20)18(24)22-23-27(25,26)13-9-5-2-6-10-13/h1,3-4,7-8,11,13,23H,2,5-6,9-10H2,(H,22,24). The monoisotopic (exact) mass is 411 g/mol. The van der Waals surface area contributed by atoms with Crippen molar-refractivity contribution < 1.29 is 17.6 Å². The molecule has 1 aliphatic carbocycles. The molecular formula is C18H19ClFN3O3S. The van der Waals surface area contributed by atoms with Crippen LogP contribution in [0.3, 0.4) is 0 Å². The van der Waals surface area contributed by atoms with Crippen LogP contribution in [0.15, 0.2) is 36.4 Å². The molecule has 144 valence electrons. The first kappa shape index (κ1) is 19.7. The summed E-state index contributed by atoms with van der Waals surface area (Å²) in [5.41, 5.74) is 2.43. The van der Waals surface area contributed by atoms with E-state index >= 15 is 0 Å². The second-order valence-corrected chi connectivity index (χ2v) is 8.75. The summed E-state index contributed by atoms with van der Waals surface area (Å²) in [6, 6.07) is 10.1. The van der Waals surface area contributed by atoms with E-state index in [1.165, 1.54) is 6.07 Å². The Balaban J connectivity index is 1.79. The molecule has 2 N–H and O–H groups in total. The van der Waals surface area contributed by atoms with Crippen LogP contribution in [0, 0.1) is 5.82 Å². The zero-order valence-corrected chi connectivity index (χ0v) is 16.0. The van der Waals surface area contributed by atoms with E-state index in [2.05, 4.69) is 9.82 Å². The van der Waals surface area contributed by atoms with E-state index in [-0.39, 0.29) is 5.02 Å². The Hall–Kier alpha value is -2.03. The van der Waals surface area contributed by atoms with Crippen molar-refractivity contribution in [2.45, 2.75) is 37.4 Å². The number of nitrogens with zero attached hydrogens (tertiary/aromatic N) is 1. The number of carbonyl (C=O) groups is 1. The van der Waals surface area contributed by atoms with Gasteiger partial charge in [-0.2, -0.15) is 0 Å². The molecule has 6 nitrogen and oxygen atoms in total. The average Bonchev–Trinajstić information content (AvgIpc) is 2.69. The Bertz CT molecular complexity index is 932. The van der Waals surface area contributed by atoms with Crippen LogP contribution in [0.25, 0.3) is 11.3 Å². The van der Waals surface area contributed by atoms with Gasteiger partial charge in [-0.15, -0.1) is 4.83 Å². The molecule has 1 fully saturated rings. The van der Waals surface area contributed by atoms with Crippen LogP contribution in [-0.2, 0) is 10.0 Å². The first-order chi connectivity index (χ1) is 12.9. The molecule has 1 amide bonds. The lowest BCUT2D eigenvalue weighted by atomic mass is 10.0. The number of sulfonamides is 1. The molecule has 9 heteroatoms. The van der Waals surface area contributed by atoms with E-state index in [1.54, 1.807) is 24.3 Å². The summed E-state index contributed by atoms with van der Waals surface area (Å²) in [7, 11) is -3.74. The van der Waals surface area contributed by atoms with Gasteiger partial charge in [-0.3, -0.25) is 10.2 Å². The maximum atomic E-state index is 14.3. The minimum Gasteiger partial charge on any atom is -0.272 e. The highest BCUT2D eigenvalue weighted by Crippen LogP contribution is 2.25. The third-order valence-electron chi connectivity index (χ3n) is 4.50. The lowest BCUT2D eigenvalue weighted by Crippen LogP contribution is -2.46. The van der Waals surface area contributed by atoms with Crippen molar-refractivity contribution in [2.75, 3.05) is 0 Å². The smallest absolute Gasteiger partial charge is 0.272 e. The molecule has 1 aliphatic rings. The second kappa shape index (κ2) is 8.33. The quantitative estimate of drug-likeness (QED) is 0.737. The number of aromatic nitrogens is 1. The van der Waals surface area contributed by atoms with E-state index in [0.29, 0.717) is 24.1 Å². The van der Waals surface area contributed by atoms with Gasteiger partial charge < -0.3 is 0 Å². The maximum absolute atomic E-state index is 14.3. The topological polar surface area (TPSA) is 88.2 Å². The minimum absolute atomic E-state index is 0.274. The largest absolute Gasteiger partial charge is 0.287 e. The molecule has 1 aromatic heterocycles. The Morgan fingerprint density at radius 1 is 1.15 bits per heavy atom. The van der Waals surface area contributed by atoms with E-state index in [4.69, 9.17) is 11.6 Å². The second-order valence-electron chi connectivity index (χ2n) is 6.38. The predicted octanol–water partition coefficient (Wildman–Crippen LogP) is 3.44. The van der Waals surface area contributed by atoms with Crippen molar-refractivity contribution in [1.29, 1.82) is 0 Å². The molecule has 0 aliphatic heterocycles. The molecule has 2 aromatic rings. The number of carbonyl (C=O) groups excluding carboxylic acids is 1. The fraction of sp³-hybridized carbons (Fsp3) is 0.333. The Labute approximate surface area is 162 Å². The van der Waals surface area contributed by atoms with Gasteiger partial charge in [0.15, 0.2) is 11.5 Å². The highest BCUT2D eigenvalue weighted by molar-refractivity contribution is 7.90. The fourth-order valence-electron chi connectivity index (χ4n) is 3.04. The SMILES string of the molecule is O=C(NNS(=O)(=O)C1CCCCC1)c1nc(-c2ccccc2)cc(Cl)c1F. The Kier molecular flexibility index (Phi) is 6.08. The summed E-state index contributed by atoms with van der Waals surface area (Å²) in [6.45, 7) is 0. The van der Waals surface area contributed by atoms with Gasteiger partial charge >= 0.3 is 0 Å². The van der Waals surface area contributed by atoms with Gasteiger partial charge in [0.1, 0.15) is 0 Å². The van der Waals surface area contributed by atoms with E-state index in [9.17, 15) is 17.6 Å². The lowest BCUT2D eigenvalue weighted by Gasteiger charge is -2.22. The molecule has 1 saturated carbocycles. The van der Waals surface area contributed by atoms with Crippen LogP contribution in [0.1, 0.15) is 42.6 Å². The normalized spacial score (nSPS) is 15.5. The Morgan fingerprint density at radius 3 is 2.48 bits per heavy atom. The first-order valence-electron chi connectivity index (χ1n) is 8.61. The van der Waals surface area contributed by atoms with Crippen LogP contribution in [0.5, 0.6) is 0 Å². The molecule has 0 saturated heterocycles. The highest BCUT2D eigenvalue weighted by atomic mass is 35.5. The summed E-state index contributed by atoms with van der Waals surface area (Å²) in [6.07, 6.45) is 3.72. The third-order valence-corrected chi connectivity index (χ3v) is 6.51. The van der Waals surface area contributed by atoms with Gasteiger partial charge in [-0.25, -0.2) is 17.8 Å².